The van der Waals surface area contributed by atoms with Crippen molar-refractivity contribution < 1.29 is 0 Å². The van der Waals surface area contributed by atoms with Gasteiger partial charge >= 0.3 is 0 Å². The molecule has 2 nitrogen and oxygen atoms in total. The summed E-state index contributed by atoms with van der Waals surface area (Å²) in [6.45, 7) is 7.65. The summed E-state index contributed by atoms with van der Waals surface area (Å²) in [5, 5.41) is 0.712. The molecule has 4 heteroatoms. The van der Waals surface area contributed by atoms with Crippen LogP contribution in [0.4, 0.5) is 0 Å². The molecule has 0 spiro atoms. The lowest BCUT2D eigenvalue weighted by Gasteiger charge is -2.19. The lowest BCUT2D eigenvalue weighted by molar-refractivity contribution is 0.351. The Bertz CT molecular complexity index is 553. The number of alkyl halides is 1. The van der Waals surface area contributed by atoms with E-state index < -0.39 is 0 Å². The van der Waals surface area contributed by atoms with Crippen molar-refractivity contribution in [3.05, 3.63) is 29.0 Å². The van der Waals surface area contributed by atoms with Gasteiger partial charge in [-0.25, -0.2) is 4.98 Å². The van der Waals surface area contributed by atoms with Crippen molar-refractivity contribution in [2.45, 2.75) is 39.6 Å². The number of hydrogen-bond acceptors (Lipinski definition) is 1. The molecule has 0 aliphatic heterocycles. The summed E-state index contributed by atoms with van der Waals surface area (Å²) in [7, 11) is 0. The van der Waals surface area contributed by atoms with Crippen LogP contribution in [-0.2, 0) is 12.4 Å². The van der Waals surface area contributed by atoms with Crippen LogP contribution < -0.4 is 0 Å². The lowest BCUT2D eigenvalue weighted by Crippen LogP contribution is -2.11. The van der Waals surface area contributed by atoms with E-state index in [2.05, 4.69) is 30.3 Å². The van der Waals surface area contributed by atoms with E-state index in [1.165, 1.54) is 0 Å². The predicted molar refractivity (Wildman–Crippen MR) is 78.4 cm³/mol. The zero-order chi connectivity index (χ0) is 13.3. The smallest absolute Gasteiger partial charge is 0.124 e. The highest BCUT2D eigenvalue weighted by Gasteiger charge is 2.14. The van der Waals surface area contributed by atoms with Crippen LogP contribution in [0.5, 0.6) is 0 Å². The van der Waals surface area contributed by atoms with Crippen molar-refractivity contribution in [2.24, 2.45) is 5.41 Å². The molecule has 98 valence electrons. The fourth-order valence-corrected chi connectivity index (χ4v) is 2.32. The Morgan fingerprint density at radius 2 is 2.00 bits per heavy atom. The third-order valence-corrected chi connectivity index (χ3v) is 3.47. The molecule has 0 aliphatic rings. The molecule has 0 bridgehead atoms. The van der Waals surface area contributed by atoms with Gasteiger partial charge in [-0.1, -0.05) is 32.4 Å². The minimum Gasteiger partial charge on any atom is -0.327 e. The van der Waals surface area contributed by atoms with Gasteiger partial charge in [0.1, 0.15) is 5.82 Å². The summed E-state index contributed by atoms with van der Waals surface area (Å²) < 4.78 is 2.20. The van der Waals surface area contributed by atoms with E-state index in [1.54, 1.807) is 0 Å². The standard InChI is InChI=1S/C14H18Cl2N2/c1-14(2,3)6-7-18-12-5-4-10(16)8-11(12)17-13(18)9-15/h4-5,8H,6-7,9H2,1-3H3. The summed E-state index contributed by atoms with van der Waals surface area (Å²) in [6, 6.07) is 5.81. The summed E-state index contributed by atoms with van der Waals surface area (Å²) in [4.78, 5) is 4.54. The predicted octanol–water partition coefficient (Wildman–Crippen LogP) is 4.86. The fourth-order valence-electron chi connectivity index (χ4n) is 1.95. The molecular weight excluding hydrogens is 267 g/mol. The molecule has 0 unspecified atom stereocenters. The minimum atomic E-state index is 0.298. The molecule has 0 N–H and O–H groups in total. The summed E-state index contributed by atoms with van der Waals surface area (Å²) >= 11 is 12.0. The van der Waals surface area contributed by atoms with Gasteiger partial charge in [0, 0.05) is 11.6 Å². The molecule has 1 aromatic carbocycles. The maximum Gasteiger partial charge on any atom is 0.124 e. The molecule has 0 atom stereocenters. The second-order valence-corrected chi connectivity index (χ2v) is 6.46. The molecule has 2 rings (SSSR count). The second-order valence-electron chi connectivity index (χ2n) is 5.76. The largest absolute Gasteiger partial charge is 0.327 e. The first-order valence-electron chi connectivity index (χ1n) is 6.11. The van der Waals surface area contributed by atoms with Crippen molar-refractivity contribution in [2.75, 3.05) is 0 Å². The Morgan fingerprint density at radius 1 is 1.28 bits per heavy atom. The van der Waals surface area contributed by atoms with Crippen LogP contribution in [0.3, 0.4) is 0 Å². The van der Waals surface area contributed by atoms with Crippen LogP contribution in [-0.4, -0.2) is 9.55 Å². The Hall–Kier alpha value is -0.730. The number of halogens is 2. The molecular formula is C14H18Cl2N2. The SMILES string of the molecule is CC(C)(C)CCn1c(CCl)nc2cc(Cl)ccc21. The quantitative estimate of drug-likeness (QED) is 0.736. The first kappa shape index (κ1) is 13.7. The number of aromatic nitrogens is 2. The van der Waals surface area contributed by atoms with Gasteiger partial charge in [-0.15, -0.1) is 11.6 Å². The normalized spacial score (nSPS) is 12.3. The zero-order valence-corrected chi connectivity index (χ0v) is 12.5. The topological polar surface area (TPSA) is 17.8 Å². The van der Waals surface area contributed by atoms with Crippen LogP contribution in [0.15, 0.2) is 18.2 Å². The third-order valence-electron chi connectivity index (χ3n) is 2.99. The van der Waals surface area contributed by atoms with Crippen molar-refractivity contribution >= 4 is 34.2 Å². The molecule has 0 saturated carbocycles. The molecule has 1 heterocycles. The van der Waals surface area contributed by atoms with Crippen LogP contribution in [0, 0.1) is 5.41 Å². The Kier molecular flexibility index (Phi) is 3.88. The number of nitrogens with zero attached hydrogens (tertiary/aromatic N) is 2. The second kappa shape index (κ2) is 5.10. The summed E-state index contributed by atoms with van der Waals surface area (Å²) in [5.41, 5.74) is 2.33. The van der Waals surface area contributed by atoms with Gasteiger partial charge in [0.25, 0.3) is 0 Å². The van der Waals surface area contributed by atoms with Gasteiger partial charge in [-0.2, -0.15) is 0 Å². The van der Waals surface area contributed by atoms with Gasteiger partial charge < -0.3 is 4.57 Å². The maximum absolute atomic E-state index is 5.99. The Labute approximate surface area is 118 Å². The van der Waals surface area contributed by atoms with Gasteiger partial charge in [0.2, 0.25) is 0 Å². The van der Waals surface area contributed by atoms with Crippen molar-refractivity contribution in [1.29, 1.82) is 0 Å². The van der Waals surface area contributed by atoms with E-state index in [4.69, 9.17) is 23.2 Å². The highest BCUT2D eigenvalue weighted by Crippen LogP contribution is 2.25. The maximum atomic E-state index is 5.99. The molecule has 0 saturated heterocycles. The molecule has 0 amide bonds. The average molecular weight is 285 g/mol. The summed E-state index contributed by atoms with van der Waals surface area (Å²) in [5.74, 6) is 1.34. The molecule has 2 aromatic rings. The van der Waals surface area contributed by atoms with Gasteiger partial charge in [0.05, 0.1) is 16.9 Å². The lowest BCUT2D eigenvalue weighted by atomic mass is 9.92. The molecule has 0 radical (unpaired) electrons. The highest BCUT2D eigenvalue weighted by molar-refractivity contribution is 6.31. The number of imidazole rings is 1. The van der Waals surface area contributed by atoms with E-state index in [-0.39, 0.29) is 0 Å². The Morgan fingerprint density at radius 3 is 2.61 bits per heavy atom. The number of aryl methyl sites for hydroxylation is 1. The average Bonchev–Trinajstić information content (AvgIpc) is 2.62. The van der Waals surface area contributed by atoms with Crippen molar-refractivity contribution in [3.8, 4) is 0 Å². The number of hydrogen-bond donors (Lipinski definition) is 0. The first-order valence-corrected chi connectivity index (χ1v) is 7.02. The van der Waals surface area contributed by atoms with Crippen LogP contribution in [0.1, 0.15) is 33.0 Å². The minimum absolute atomic E-state index is 0.298. The third kappa shape index (κ3) is 2.99. The fraction of sp³-hybridized carbons (Fsp3) is 0.500. The zero-order valence-electron chi connectivity index (χ0n) is 11.0. The van der Waals surface area contributed by atoms with Crippen molar-refractivity contribution in [1.82, 2.24) is 9.55 Å². The number of rotatable bonds is 3. The van der Waals surface area contributed by atoms with E-state index >= 15 is 0 Å². The number of fused-ring (bicyclic) bond motifs is 1. The van der Waals surface area contributed by atoms with Crippen LogP contribution in [0.25, 0.3) is 11.0 Å². The first-order chi connectivity index (χ1) is 8.40. The molecule has 0 fully saturated rings. The van der Waals surface area contributed by atoms with E-state index in [1.807, 2.05) is 18.2 Å². The molecule has 18 heavy (non-hydrogen) atoms. The van der Waals surface area contributed by atoms with E-state index in [0.29, 0.717) is 16.3 Å². The monoisotopic (exact) mass is 284 g/mol. The highest BCUT2D eigenvalue weighted by atomic mass is 35.5. The van der Waals surface area contributed by atoms with E-state index in [0.717, 1.165) is 29.8 Å². The number of benzene rings is 1. The van der Waals surface area contributed by atoms with Crippen molar-refractivity contribution in [3.63, 3.8) is 0 Å². The van der Waals surface area contributed by atoms with Crippen LogP contribution in [0.2, 0.25) is 5.02 Å². The van der Waals surface area contributed by atoms with E-state index in [9.17, 15) is 0 Å². The van der Waals surface area contributed by atoms with Crippen LogP contribution >= 0.6 is 23.2 Å². The molecule has 1 aromatic heterocycles. The summed E-state index contributed by atoms with van der Waals surface area (Å²) in [6.07, 6.45) is 1.09. The van der Waals surface area contributed by atoms with Gasteiger partial charge in [-0.05, 0) is 30.0 Å². The molecule has 0 aliphatic carbocycles. The Balaban J connectivity index is 2.41. The van der Waals surface area contributed by atoms with Gasteiger partial charge in [0.15, 0.2) is 0 Å². The van der Waals surface area contributed by atoms with Gasteiger partial charge in [-0.3, -0.25) is 0 Å².